The fourth-order valence-electron chi connectivity index (χ4n) is 1.30. The summed E-state index contributed by atoms with van der Waals surface area (Å²) in [5.41, 5.74) is 16.2. The number of aromatic nitrogens is 3. The Morgan fingerprint density at radius 1 is 1.22 bits per heavy atom. The van der Waals surface area contributed by atoms with Crippen molar-refractivity contribution in [2.45, 2.75) is 25.3 Å². The molecule has 0 bridgehead atoms. The zero-order chi connectivity index (χ0) is 13.5. The first-order chi connectivity index (χ1) is 8.49. The van der Waals surface area contributed by atoms with Crippen LogP contribution in [-0.2, 0) is 4.79 Å². The first kappa shape index (κ1) is 13.9. The minimum absolute atomic E-state index is 0.0536. The van der Waals surface area contributed by atoms with E-state index < -0.39 is 12.0 Å². The number of anilines is 3. The van der Waals surface area contributed by atoms with Crippen molar-refractivity contribution in [1.29, 1.82) is 0 Å². The normalized spacial score (nSPS) is 12.1. The molecule has 0 aliphatic carbocycles. The molecule has 18 heavy (non-hydrogen) atoms. The third-order valence-corrected chi connectivity index (χ3v) is 2.21. The maximum atomic E-state index is 10.5. The van der Waals surface area contributed by atoms with Gasteiger partial charge in [-0.2, -0.15) is 15.0 Å². The molecule has 0 unspecified atom stereocenters. The predicted octanol–water partition coefficient (Wildman–Crippen LogP) is -0.970. The minimum Gasteiger partial charge on any atom is -0.480 e. The molecule has 0 saturated carbocycles. The number of aliphatic carboxylic acids is 1. The van der Waals surface area contributed by atoms with Crippen molar-refractivity contribution in [3.8, 4) is 0 Å². The van der Waals surface area contributed by atoms with E-state index in [-0.39, 0.29) is 11.9 Å². The minimum atomic E-state index is -0.985. The number of carboxylic acid groups (broad SMARTS) is 1. The smallest absolute Gasteiger partial charge is 0.320 e. The van der Waals surface area contributed by atoms with E-state index in [4.69, 9.17) is 22.3 Å². The van der Waals surface area contributed by atoms with Gasteiger partial charge in [0, 0.05) is 6.54 Å². The van der Waals surface area contributed by atoms with E-state index in [0.717, 1.165) is 6.42 Å². The van der Waals surface area contributed by atoms with Gasteiger partial charge in [0.15, 0.2) is 0 Å². The van der Waals surface area contributed by atoms with Crippen molar-refractivity contribution in [2.24, 2.45) is 5.73 Å². The summed E-state index contributed by atoms with van der Waals surface area (Å²) < 4.78 is 0. The average Bonchev–Trinajstić information content (AvgIpc) is 2.26. The summed E-state index contributed by atoms with van der Waals surface area (Å²) in [6.45, 7) is 0.579. The first-order valence-electron chi connectivity index (χ1n) is 5.48. The van der Waals surface area contributed by atoms with E-state index in [1.807, 2.05) is 0 Å². The molecule has 0 fully saturated rings. The summed E-state index contributed by atoms with van der Waals surface area (Å²) in [5, 5.41) is 11.5. The third kappa shape index (κ3) is 4.78. The fourth-order valence-corrected chi connectivity index (χ4v) is 1.30. The molecular formula is C9H17N7O2. The summed E-state index contributed by atoms with van der Waals surface area (Å²) in [6, 6.07) is -0.812. The van der Waals surface area contributed by atoms with Crippen LogP contribution >= 0.6 is 0 Å². The quantitative estimate of drug-likeness (QED) is 0.385. The van der Waals surface area contributed by atoms with Crippen molar-refractivity contribution < 1.29 is 9.90 Å². The Morgan fingerprint density at radius 3 is 2.39 bits per heavy atom. The summed E-state index contributed by atoms with van der Waals surface area (Å²) >= 11 is 0. The lowest BCUT2D eigenvalue weighted by molar-refractivity contribution is -0.138. The summed E-state index contributed by atoms with van der Waals surface area (Å²) in [6.07, 6.45) is 1.86. The van der Waals surface area contributed by atoms with Gasteiger partial charge >= 0.3 is 5.97 Å². The molecule has 9 heteroatoms. The van der Waals surface area contributed by atoms with Gasteiger partial charge in [0.1, 0.15) is 6.04 Å². The fraction of sp³-hybridized carbons (Fsp3) is 0.556. The lowest BCUT2D eigenvalue weighted by Crippen LogP contribution is -2.29. The number of hydrogen-bond donors (Lipinski definition) is 5. The number of nitrogens with zero attached hydrogens (tertiary/aromatic N) is 3. The van der Waals surface area contributed by atoms with Gasteiger partial charge < -0.3 is 27.6 Å². The van der Waals surface area contributed by atoms with Crippen LogP contribution < -0.4 is 22.5 Å². The zero-order valence-corrected chi connectivity index (χ0v) is 9.83. The maximum absolute atomic E-state index is 10.5. The molecule has 9 nitrogen and oxygen atoms in total. The van der Waals surface area contributed by atoms with Crippen LogP contribution in [0.1, 0.15) is 19.3 Å². The molecule has 1 aromatic rings. The van der Waals surface area contributed by atoms with E-state index in [1.54, 1.807) is 0 Å². The summed E-state index contributed by atoms with van der Waals surface area (Å²) in [5.74, 6) is -0.570. The van der Waals surface area contributed by atoms with E-state index in [1.165, 1.54) is 0 Å². The lowest BCUT2D eigenvalue weighted by atomic mass is 10.1. The van der Waals surface area contributed by atoms with Crippen LogP contribution in [0.5, 0.6) is 0 Å². The topological polar surface area (TPSA) is 166 Å². The van der Waals surface area contributed by atoms with Crippen molar-refractivity contribution in [2.75, 3.05) is 23.3 Å². The summed E-state index contributed by atoms with van der Waals surface area (Å²) in [7, 11) is 0. The highest BCUT2D eigenvalue weighted by atomic mass is 16.4. The van der Waals surface area contributed by atoms with Crippen molar-refractivity contribution >= 4 is 23.8 Å². The molecule has 0 amide bonds. The molecule has 0 aliphatic rings. The van der Waals surface area contributed by atoms with Gasteiger partial charge in [-0.3, -0.25) is 4.79 Å². The van der Waals surface area contributed by atoms with E-state index in [2.05, 4.69) is 20.3 Å². The van der Waals surface area contributed by atoms with Crippen LogP contribution in [0.4, 0.5) is 17.8 Å². The van der Waals surface area contributed by atoms with E-state index >= 15 is 0 Å². The number of carbonyl (C=O) groups is 1. The van der Waals surface area contributed by atoms with Crippen LogP contribution in [0, 0.1) is 0 Å². The Balaban J connectivity index is 2.23. The molecule has 0 saturated heterocycles. The summed E-state index contributed by atoms with van der Waals surface area (Å²) in [4.78, 5) is 21.8. The Morgan fingerprint density at radius 2 is 1.83 bits per heavy atom. The number of nitrogens with one attached hydrogen (secondary N) is 1. The SMILES string of the molecule is Nc1nc(N)nc(NCCCC[C@H](N)C(=O)O)n1. The van der Waals surface area contributed by atoms with Crippen LogP contribution in [-0.4, -0.2) is 38.6 Å². The first-order valence-corrected chi connectivity index (χ1v) is 5.48. The largest absolute Gasteiger partial charge is 0.480 e. The molecule has 1 atom stereocenters. The molecule has 1 aromatic heterocycles. The second-order valence-corrected chi connectivity index (χ2v) is 3.74. The number of nitrogens with two attached hydrogens (primary N) is 3. The van der Waals surface area contributed by atoms with Gasteiger partial charge in [-0.05, 0) is 19.3 Å². The molecule has 100 valence electrons. The number of rotatable bonds is 7. The van der Waals surface area contributed by atoms with Gasteiger partial charge in [0.25, 0.3) is 0 Å². The van der Waals surface area contributed by atoms with Crippen molar-refractivity contribution in [1.82, 2.24) is 15.0 Å². The zero-order valence-electron chi connectivity index (χ0n) is 9.83. The van der Waals surface area contributed by atoms with Gasteiger partial charge in [-0.25, -0.2) is 0 Å². The van der Waals surface area contributed by atoms with Gasteiger partial charge in [-0.1, -0.05) is 0 Å². The second-order valence-electron chi connectivity index (χ2n) is 3.74. The van der Waals surface area contributed by atoms with Crippen molar-refractivity contribution in [3.05, 3.63) is 0 Å². The standard InChI is InChI=1S/C9H17N7O2/c10-5(6(17)18)3-1-2-4-13-9-15-7(11)14-8(12)16-9/h5H,1-4,10H2,(H,17,18)(H5,11,12,13,14,15,16)/t5-/m0/s1. The molecule has 0 radical (unpaired) electrons. The van der Waals surface area contributed by atoms with Gasteiger partial charge in [0.2, 0.25) is 17.8 Å². The Bertz CT molecular complexity index is 392. The molecule has 0 spiro atoms. The molecule has 0 aliphatic heterocycles. The van der Waals surface area contributed by atoms with Gasteiger partial charge in [-0.15, -0.1) is 0 Å². The number of carboxylic acids is 1. The Labute approximate surface area is 104 Å². The van der Waals surface area contributed by atoms with Gasteiger partial charge in [0.05, 0.1) is 0 Å². The maximum Gasteiger partial charge on any atom is 0.320 e. The van der Waals surface area contributed by atoms with E-state index in [0.29, 0.717) is 25.3 Å². The number of nitrogen functional groups attached to an aromatic ring is 2. The highest BCUT2D eigenvalue weighted by molar-refractivity contribution is 5.72. The Kier molecular flexibility index (Phi) is 5.06. The lowest BCUT2D eigenvalue weighted by Gasteiger charge is -2.07. The molecule has 0 aromatic carbocycles. The number of hydrogen-bond acceptors (Lipinski definition) is 8. The van der Waals surface area contributed by atoms with Crippen LogP contribution in [0.25, 0.3) is 0 Å². The highest BCUT2D eigenvalue weighted by Gasteiger charge is 2.10. The second kappa shape index (κ2) is 6.55. The monoisotopic (exact) mass is 255 g/mol. The van der Waals surface area contributed by atoms with Crippen molar-refractivity contribution in [3.63, 3.8) is 0 Å². The number of unbranched alkanes of at least 4 members (excludes halogenated alkanes) is 1. The van der Waals surface area contributed by atoms with Crippen LogP contribution in [0.15, 0.2) is 0 Å². The molecule has 1 rings (SSSR count). The molecule has 8 N–H and O–H groups in total. The van der Waals surface area contributed by atoms with E-state index in [9.17, 15) is 4.79 Å². The molecular weight excluding hydrogens is 238 g/mol. The van der Waals surface area contributed by atoms with Crippen LogP contribution in [0.3, 0.4) is 0 Å². The highest BCUT2D eigenvalue weighted by Crippen LogP contribution is 2.05. The predicted molar refractivity (Wildman–Crippen MR) is 66.6 cm³/mol. The van der Waals surface area contributed by atoms with Crippen LogP contribution in [0.2, 0.25) is 0 Å². The molecule has 1 heterocycles. The third-order valence-electron chi connectivity index (χ3n) is 2.21. The average molecular weight is 255 g/mol. The Hall–Kier alpha value is -2.16.